The Morgan fingerprint density at radius 3 is 1.61 bits per heavy atom. The van der Waals surface area contributed by atoms with Crippen LogP contribution in [-0.4, -0.2) is 107 Å². The molecule has 0 aromatic carbocycles. The Morgan fingerprint density at radius 1 is 0.678 bits per heavy atom. The number of unbranched alkanes of at least 4 members (excludes halogenated alkanes) is 22. The van der Waals surface area contributed by atoms with E-state index in [9.17, 15) is 38.7 Å². The standard InChI is InChI=1S/C45H85NO12S/c1-3-5-7-9-11-13-14-15-16-17-18-19-20-21-22-23-24-25-26-28-30-32-34-39(49)44(52)46-37(38(48)33-31-29-27-12-10-8-6-4-2)36-56-45-42(51)43(58-59(53,54)55)41(50)40(35-47)57-45/h18-19,21-22,37-43,45,47-51H,3-17,20,23-36H2,1-2H3,(H,46,52)(H,53,54,55)/b19-18-,22-21-. The van der Waals surface area contributed by atoms with E-state index in [2.05, 4.69) is 47.7 Å². The highest BCUT2D eigenvalue weighted by Gasteiger charge is 2.48. The van der Waals surface area contributed by atoms with Crippen LogP contribution in [0.1, 0.15) is 194 Å². The summed E-state index contributed by atoms with van der Waals surface area (Å²) in [4.78, 5) is 13.1. The van der Waals surface area contributed by atoms with Gasteiger partial charge in [0.15, 0.2) is 6.29 Å². The molecule has 0 spiro atoms. The molecule has 13 nitrogen and oxygen atoms in total. The van der Waals surface area contributed by atoms with E-state index >= 15 is 0 Å². The van der Waals surface area contributed by atoms with Gasteiger partial charge in [0.2, 0.25) is 5.91 Å². The summed E-state index contributed by atoms with van der Waals surface area (Å²) in [6, 6.07) is -1.03. The molecule has 1 amide bonds. The van der Waals surface area contributed by atoms with Crippen molar-refractivity contribution in [1.29, 1.82) is 0 Å². The number of carbonyl (C=O) groups excluding carboxylic acids is 1. The van der Waals surface area contributed by atoms with Gasteiger partial charge in [0, 0.05) is 0 Å². The Morgan fingerprint density at radius 2 is 1.14 bits per heavy atom. The van der Waals surface area contributed by atoms with Crippen molar-refractivity contribution >= 4 is 16.3 Å². The molecule has 0 aromatic rings. The highest BCUT2D eigenvalue weighted by atomic mass is 32.3. The van der Waals surface area contributed by atoms with Crippen LogP contribution in [0.5, 0.6) is 0 Å². The van der Waals surface area contributed by atoms with Gasteiger partial charge in [0.1, 0.15) is 30.5 Å². The smallest absolute Gasteiger partial charge is 0.394 e. The fraction of sp³-hybridized carbons (Fsp3) is 0.889. The van der Waals surface area contributed by atoms with Gasteiger partial charge in [-0.1, -0.05) is 173 Å². The van der Waals surface area contributed by atoms with Crippen molar-refractivity contribution in [2.24, 2.45) is 0 Å². The number of aliphatic hydroxyl groups is 5. The van der Waals surface area contributed by atoms with E-state index in [0.29, 0.717) is 19.3 Å². The largest absolute Gasteiger partial charge is 0.397 e. The van der Waals surface area contributed by atoms with Gasteiger partial charge < -0.3 is 40.3 Å². The lowest BCUT2D eigenvalue weighted by molar-refractivity contribution is -0.298. The van der Waals surface area contributed by atoms with E-state index < -0.39 is 78.5 Å². The quantitative estimate of drug-likeness (QED) is 0.0179. The maximum Gasteiger partial charge on any atom is 0.397 e. The SMILES string of the molecule is CCCCCCCCCCC/C=C\C/C=C\CCCCCCCCC(O)C(=O)NC(COC1OC(CO)C(O)C(OS(=O)(=O)O)C1O)C(O)CCCCCCCCCC. The molecule has 1 aliphatic heterocycles. The first-order valence-electron chi connectivity index (χ1n) is 23.3. The zero-order chi connectivity index (χ0) is 43.6. The van der Waals surface area contributed by atoms with Crippen LogP contribution in [0, 0.1) is 0 Å². The molecule has 1 heterocycles. The van der Waals surface area contributed by atoms with Crippen LogP contribution < -0.4 is 5.32 Å². The molecule has 0 aliphatic carbocycles. The zero-order valence-electron chi connectivity index (χ0n) is 36.7. The van der Waals surface area contributed by atoms with E-state index in [1.807, 2.05) is 0 Å². The van der Waals surface area contributed by atoms with E-state index in [1.54, 1.807) is 0 Å². The third-order valence-corrected chi connectivity index (χ3v) is 11.6. The van der Waals surface area contributed by atoms with Gasteiger partial charge in [-0.05, 0) is 44.9 Å². The van der Waals surface area contributed by atoms with Gasteiger partial charge in [-0.3, -0.25) is 9.35 Å². The molecule has 8 unspecified atom stereocenters. The Labute approximate surface area is 357 Å². The van der Waals surface area contributed by atoms with E-state index in [-0.39, 0.29) is 6.42 Å². The zero-order valence-corrected chi connectivity index (χ0v) is 37.5. The molecule has 8 atom stereocenters. The number of hydrogen-bond donors (Lipinski definition) is 7. The summed E-state index contributed by atoms with van der Waals surface area (Å²) in [5, 5.41) is 55.1. The van der Waals surface area contributed by atoms with Gasteiger partial charge in [-0.2, -0.15) is 8.42 Å². The Balaban J connectivity index is 2.44. The highest BCUT2D eigenvalue weighted by molar-refractivity contribution is 7.80. The lowest BCUT2D eigenvalue weighted by atomic mass is 9.99. The minimum atomic E-state index is -5.11. The number of allylic oxidation sites excluding steroid dienone is 4. The predicted molar refractivity (Wildman–Crippen MR) is 233 cm³/mol. The summed E-state index contributed by atoms with van der Waals surface area (Å²) in [6.07, 6.45) is 28.3. The number of aliphatic hydroxyl groups excluding tert-OH is 5. The van der Waals surface area contributed by atoms with Crippen molar-refractivity contribution in [1.82, 2.24) is 5.32 Å². The molecular weight excluding hydrogens is 779 g/mol. The first-order valence-corrected chi connectivity index (χ1v) is 24.7. The number of nitrogens with one attached hydrogen (secondary N) is 1. The summed E-state index contributed by atoms with van der Waals surface area (Å²) >= 11 is 0. The second-order valence-corrected chi connectivity index (χ2v) is 17.5. The van der Waals surface area contributed by atoms with Gasteiger partial charge in [-0.25, -0.2) is 4.18 Å². The molecule has 0 bridgehead atoms. The van der Waals surface area contributed by atoms with Gasteiger partial charge in [0.25, 0.3) is 0 Å². The summed E-state index contributed by atoms with van der Waals surface area (Å²) in [6.45, 7) is 3.22. The average molecular weight is 864 g/mol. The number of rotatable bonds is 39. The van der Waals surface area contributed by atoms with Crippen LogP contribution in [0.4, 0.5) is 0 Å². The van der Waals surface area contributed by atoms with Gasteiger partial charge >= 0.3 is 10.4 Å². The molecule has 1 rings (SSSR count). The van der Waals surface area contributed by atoms with Crippen LogP contribution >= 0.6 is 0 Å². The van der Waals surface area contributed by atoms with Crippen molar-refractivity contribution in [3.8, 4) is 0 Å². The normalized spacial score (nSPS) is 21.7. The fourth-order valence-corrected chi connectivity index (χ4v) is 7.89. The molecule has 0 saturated carbocycles. The Kier molecular flexibility index (Phi) is 34.0. The molecule has 1 fully saturated rings. The lowest BCUT2D eigenvalue weighted by Gasteiger charge is -2.41. The molecule has 14 heteroatoms. The summed E-state index contributed by atoms with van der Waals surface area (Å²) in [5.74, 6) is -0.681. The van der Waals surface area contributed by atoms with Crippen molar-refractivity contribution in [3.63, 3.8) is 0 Å². The fourth-order valence-electron chi connectivity index (χ4n) is 7.38. The highest BCUT2D eigenvalue weighted by Crippen LogP contribution is 2.26. The van der Waals surface area contributed by atoms with Crippen LogP contribution in [-0.2, 0) is 28.9 Å². The van der Waals surface area contributed by atoms with Gasteiger partial charge in [0.05, 0.1) is 25.4 Å². The maximum absolute atomic E-state index is 13.1. The maximum atomic E-state index is 13.1. The number of hydrogen-bond acceptors (Lipinski definition) is 11. The third-order valence-electron chi connectivity index (χ3n) is 11.1. The minimum Gasteiger partial charge on any atom is -0.394 e. The second kappa shape index (κ2) is 36.1. The molecule has 7 N–H and O–H groups in total. The number of amides is 1. The molecule has 348 valence electrons. The first kappa shape index (κ1) is 55.6. The predicted octanol–water partition coefficient (Wildman–Crippen LogP) is 7.91. The van der Waals surface area contributed by atoms with Crippen molar-refractivity contribution in [2.45, 2.75) is 243 Å². The molecule has 1 saturated heterocycles. The summed E-state index contributed by atoms with van der Waals surface area (Å²) in [7, 11) is -5.11. The first-order chi connectivity index (χ1) is 28.4. The van der Waals surface area contributed by atoms with Crippen LogP contribution in [0.2, 0.25) is 0 Å². The molecule has 59 heavy (non-hydrogen) atoms. The lowest BCUT2D eigenvalue weighted by Crippen LogP contribution is -2.61. The number of carbonyl (C=O) groups is 1. The number of ether oxygens (including phenoxy) is 2. The average Bonchev–Trinajstić information content (AvgIpc) is 3.20. The van der Waals surface area contributed by atoms with Crippen molar-refractivity contribution in [3.05, 3.63) is 24.3 Å². The Hall–Kier alpha value is -1.46. The minimum absolute atomic E-state index is 0.248. The van der Waals surface area contributed by atoms with E-state index in [0.717, 1.165) is 70.6 Å². The molecule has 0 radical (unpaired) electrons. The topological polar surface area (TPSA) is 212 Å². The van der Waals surface area contributed by atoms with Crippen molar-refractivity contribution in [2.75, 3.05) is 13.2 Å². The Bertz CT molecular complexity index is 1170. The van der Waals surface area contributed by atoms with Crippen LogP contribution in [0.3, 0.4) is 0 Å². The van der Waals surface area contributed by atoms with Crippen LogP contribution in [0.25, 0.3) is 0 Å². The van der Waals surface area contributed by atoms with Crippen LogP contribution in [0.15, 0.2) is 24.3 Å². The molecule has 1 aliphatic rings. The third kappa shape index (κ3) is 28.7. The summed E-state index contributed by atoms with van der Waals surface area (Å²) in [5.41, 5.74) is 0. The van der Waals surface area contributed by atoms with E-state index in [4.69, 9.17) is 14.0 Å². The van der Waals surface area contributed by atoms with E-state index in [1.165, 1.54) is 83.5 Å². The molecule has 0 aromatic heterocycles. The molecular formula is C45H85NO12S. The van der Waals surface area contributed by atoms with Crippen molar-refractivity contribution < 1.29 is 57.0 Å². The second-order valence-electron chi connectivity index (χ2n) is 16.5. The van der Waals surface area contributed by atoms with Gasteiger partial charge in [-0.15, -0.1) is 0 Å². The monoisotopic (exact) mass is 864 g/mol. The summed E-state index contributed by atoms with van der Waals surface area (Å²) < 4.78 is 47.4.